The van der Waals surface area contributed by atoms with Crippen LogP contribution in [0, 0.1) is 5.82 Å². The maximum Gasteiger partial charge on any atom is 0.163 e. The Bertz CT molecular complexity index is 1120. The maximum atomic E-state index is 13.7. The number of rotatable bonds is 5. The van der Waals surface area contributed by atoms with E-state index in [9.17, 15) is 9.50 Å². The van der Waals surface area contributed by atoms with Crippen molar-refractivity contribution in [1.29, 1.82) is 0 Å². The molecule has 0 aliphatic carbocycles. The van der Waals surface area contributed by atoms with E-state index in [0.29, 0.717) is 17.2 Å². The molecule has 2 N–H and O–H groups in total. The molecular formula is C21H16ClFN4O. The van der Waals surface area contributed by atoms with Crippen molar-refractivity contribution in [1.82, 2.24) is 15.0 Å². The zero-order chi connectivity index (χ0) is 19.5. The number of hydrogen-bond donors (Lipinski definition) is 2. The van der Waals surface area contributed by atoms with Crippen LogP contribution >= 0.6 is 11.6 Å². The van der Waals surface area contributed by atoms with Gasteiger partial charge < -0.3 is 10.4 Å². The minimum atomic E-state index is -0.928. The monoisotopic (exact) mass is 394 g/mol. The first-order valence-corrected chi connectivity index (χ1v) is 9.03. The summed E-state index contributed by atoms with van der Waals surface area (Å²) in [6.45, 7) is 0.147. The van der Waals surface area contributed by atoms with Crippen LogP contribution in [-0.2, 0) is 0 Å². The predicted molar refractivity (Wildman–Crippen MR) is 108 cm³/mol. The van der Waals surface area contributed by atoms with Gasteiger partial charge in [-0.05, 0) is 42.0 Å². The number of fused-ring (bicyclic) bond motifs is 1. The van der Waals surface area contributed by atoms with Gasteiger partial charge in [-0.3, -0.25) is 4.98 Å². The molecule has 0 saturated carbocycles. The molecular weight excluding hydrogens is 379 g/mol. The van der Waals surface area contributed by atoms with E-state index in [1.807, 2.05) is 36.4 Å². The Labute approximate surface area is 165 Å². The number of halogens is 2. The van der Waals surface area contributed by atoms with E-state index in [2.05, 4.69) is 20.3 Å². The largest absolute Gasteiger partial charge is 0.387 e. The summed E-state index contributed by atoms with van der Waals surface area (Å²) >= 11 is 5.70. The summed E-state index contributed by atoms with van der Waals surface area (Å²) in [6.07, 6.45) is 2.45. The van der Waals surface area contributed by atoms with E-state index < -0.39 is 11.9 Å². The normalized spacial score (nSPS) is 12.1. The smallest absolute Gasteiger partial charge is 0.163 e. The Kier molecular flexibility index (Phi) is 5.14. The van der Waals surface area contributed by atoms with E-state index in [1.165, 1.54) is 12.1 Å². The van der Waals surface area contributed by atoms with Crippen molar-refractivity contribution >= 4 is 28.3 Å². The fraction of sp³-hybridized carbons (Fsp3) is 0.0952. The van der Waals surface area contributed by atoms with Crippen molar-refractivity contribution in [3.8, 4) is 11.4 Å². The third-order valence-corrected chi connectivity index (χ3v) is 4.62. The van der Waals surface area contributed by atoms with Gasteiger partial charge in [-0.1, -0.05) is 29.8 Å². The second kappa shape index (κ2) is 7.88. The number of nitrogens with one attached hydrogen (secondary N) is 1. The lowest BCUT2D eigenvalue weighted by Crippen LogP contribution is -2.14. The molecule has 28 heavy (non-hydrogen) atoms. The lowest BCUT2D eigenvalue weighted by Gasteiger charge is -2.15. The number of aliphatic hydroxyl groups excluding tert-OH is 1. The molecule has 0 saturated heterocycles. The number of benzene rings is 2. The van der Waals surface area contributed by atoms with Crippen molar-refractivity contribution in [3.05, 3.63) is 83.4 Å². The van der Waals surface area contributed by atoms with E-state index in [0.717, 1.165) is 16.5 Å². The van der Waals surface area contributed by atoms with Crippen molar-refractivity contribution in [3.63, 3.8) is 0 Å². The number of aromatic nitrogens is 3. The van der Waals surface area contributed by atoms with Crippen molar-refractivity contribution < 1.29 is 9.50 Å². The van der Waals surface area contributed by atoms with Crippen molar-refractivity contribution in [2.45, 2.75) is 6.10 Å². The first-order chi connectivity index (χ1) is 13.6. The third-order valence-electron chi connectivity index (χ3n) is 4.31. The van der Waals surface area contributed by atoms with Crippen LogP contribution in [0.1, 0.15) is 11.7 Å². The molecule has 2 heterocycles. The summed E-state index contributed by atoms with van der Waals surface area (Å²) in [6, 6.07) is 15.5. The fourth-order valence-corrected chi connectivity index (χ4v) is 2.98. The molecule has 0 bridgehead atoms. The van der Waals surface area contributed by atoms with Crippen LogP contribution in [0.5, 0.6) is 0 Å². The van der Waals surface area contributed by atoms with Crippen LogP contribution in [0.3, 0.4) is 0 Å². The second-order valence-corrected chi connectivity index (χ2v) is 6.63. The molecule has 0 radical (unpaired) electrons. The summed E-state index contributed by atoms with van der Waals surface area (Å²) < 4.78 is 13.7. The van der Waals surface area contributed by atoms with Crippen LogP contribution < -0.4 is 5.32 Å². The predicted octanol–water partition coefficient (Wildman–Crippen LogP) is 4.63. The Morgan fingerprint density at radius 1 is 1.07 bits per heavy atom. The molecule has 140 valence electrons. The van der Waals surface area contributed by atoms with Gasteiger partial charge in [0.15, 0.2) is 5.82 Å². The lowest BCUT2D eigenvalue weighted by atomic mass is 10.1. The van der Waals surface area contributed by atoms with E-state index >= 15 is 0 Å². The molecule has 7 heteroatoms. The zero-order valence-corrected chi connectivity index (χ0v) is 15.4. The SMILES string of the molecule is OC(CNc1nc(-c2cccnc2)nc2ccccc12)c1ccc(Cl)c(F)c1. The lowest BCUT2D eigenvalue weighted by molar-refractivity contribution is 0.191. The third kappa shape index (κ3) is 3.78. The maximum absolute atomic E-state index is 13.7. The highest BCUT2D eigenvalue weighted by atomic mass is 35.5. The summed E-state index contributed by atoms with van der Waals surface area (Å²) in [5, 5.41) is 14.4. The summed E-state index contributed by atoms with van der Waals surface area (Å²) in [5.41, 5.74) is 1.99. The molecule has 1 unspecified atom stereocenters. The topological polar surface area (TPSA) is 70.9 Å². The molecule has 1 atom stereocenters. The standard InChI is InChI=1S/C21H16ClFN4O/c22-16-8-7-13(10-17(16)23)19(28)12-25-21-15-5-1-2-6-18(15)26-20(27-21)14-4-3-9-24-11-14/h1-11,19,28H,12H2,(H,25,26,27). The van der Waals surface area contributed by atoms with Gasteiger partial charge in [-0.25, -0.2) is 14.4 Å². The molecule has 5 nitrogen and oxygen atoms in total. The minimum Gasteiger partial charge on any atom is -0.387 e. The number of aliphatic hydroxyl groups is 1. The van der Waals surface area contributed by atoms with Gasteiger partial charge in [0.05, 0.1) is 16.6 Å². The van der Waals surface area contributed by atoms with Gasteiger partial charge in [-0.15, -0.1) is 0 Å². The van der Waals surface area contributed by atoms with Crippen molar-refractivity contribution in [2.24, 2.45) is 0 Å². The first kappa shape index (κ1) is 18.3. The fourth-order valence-electron chi connectivity index (χ4n) is 2.87. The van der Waals surface area contributed by atoms with Gasteiger partial charge in [0.25, 0.3) is 0 Å². The van der Waals surface area contributed by atoms with E-state index in [4.69, 9.17) is 11.6 Å². The van der Waals surface area contributed by atoms with Crippen LogP contribution in [0.15, 0.2) is 67.0 Å². The van der Waals surface area contributed by atoms with Gasteiger partial charge in [0.1, 0.15) is 11.6 Å². The molecule has 0 aliphatic heterocycles. The highest BCUT2D eigenvalue weighted by Crippen LogP contribution is 2.26. The quantitative estimate of drug-likeness (QED) is 0.516. The molecule has 0 fully saturated rings. The molecule has 2 aromatic heterocycles. The molecule has 4 rings (SSSR count). The molecule has 0 aliphatic rings. The van der Waals surface area contributed by atoms with Gasteiger partial charge >= 0.3 is 0 Å². The zero-order valence-electron chi connectivity index (χ0n) is 14.7. The van der Waals surface area contributed by atoms with Crippen LogP contribution in [-0.4, -0.2) is 26.6 Å². The average Bonchev–Trinajstić information content (AvgIpc) is 2.74. The molecule has 2 aromatic carbocycles. The van der Waals surface area contributed by atoms with Gasteiger partial charge in [-0.2, -0.15) is 0 Å². The van der Waals surface area contributed by atoms with Gasteiger partial charge in [0, 0.05) is 29.9 Å². The molecule has 0 amide bonds. The Hall–Kier alpha value is -3.09. The van der Waals surface area contributed by atoms with E-state index in [1.54, 1.807) is 18.5 Å². The second-order valence-electron chi connectivity index (χ2n) is 6.22. The summed E-state index contributed by atoms with van der Waals surface area (Å²) in [4.78, 5) is 13.3. The van der Waals surface area contributed by atoms with Gasteiger partial charge in [0.2, 0.25) is 0 Å². The molecule has 0 spiro atoms. The summed E-state index contributed by atoms with van der Waals surface area (Å²) in [5.74, 6) is 0.545. The number of anilines is 1. The highest BCUT2D eigenvalue weighted by molar-refractivity contribution is 6.30. The first-order valence-electron chi connectivity index (χ1n) is 8.66. The minimum absolute atomic E-state index is 0.0202. The van der Waals surface area contributed by atoms with Crippen LogP contribution in [0.4, 0.5) is 10.2 Å². The number of para-hydroxylation sites is 1. The molecule has 4 aromatic rings. The Morgan fingerprint density at radius 3 is 2.71 bits per heavy atom. The number of hydrogen-bond acceptors (Lipinski definition) is 5. The van der Waals surface area contributed by atoms with Crippen LogP contribution in [0.25, 0.3) is 22.3 Å². The summed E-state index contributed by atoms with van der Waals surface area (Å²) in [7, 11) is 0. The van der Waals surface area contributed by atoms with Crippen molar-refractivity contribution in [2.75, 3.05) is 11.9 Å². The Balaban J connectivity index is 1.64. The number of pyridine rings is 1. The average molecular weight is 395 g/mol. The number of nitrogens with zero attached hydrogens (tertiary/aromatic N) is 3. The van der Waals surface area contributed by atoms with Crippen LogP contribution in [0.2, 0.25) is 5.02 Å². The Morgan fingerprint density at radius 2 is 1.93 bits per heavy atom. The highest BCUT2D eigenvalue weighted by Gasteiger charge is 2.13. The van der Waals surface area contributed by atoms with E-state index in [-0.39, 0.29) is 11.6 Å².